The molecule has 3 atom stereocenters. The van der Waals surface area contributed by atoms with E-state index in [2.05, 4.69) is 17.6 Å². The van der Waals surface area contributed by atoms with Crippen LogP contribution in [0.1, 0.15) is 72.6 Å². The molecule has 128 valence electrons. The Morgan fingerprint density at radius 2 is 1.91 bits per heavy atom. The zero-order valence-electron chi connectivity index (χ0n) is 14.8. The first-order valence-corrected chi connectivity index (χ1v) is 9.10. The molecule has 0 aromatic heterocycles. The summed E-state index contributed by atoms with van der Waals surface area (Å²) in [6.07, 6.45) is 9.01. The number of carbonyl (C=O) groups is 1. The minimum Gasteiger partial charge on any atom is -0.444 e. The molecule has 0 radical (unpaired) electrons. The van der Waals surface area contributed by atoms with Crippen LogP contribution in [0.2, 0.25) is 0 Å². The van der Waals surface area contributed by atoms with Gasteiger partial charge in [0.05, 0.1) is 0 Å². The maximum absolute atomic E-state index is 11.8. The van der Waals surface area contributed by atoms with E-state index in [1.165, 1.54) is 38.5 Å². The molecule has 2 aliphatic carbocycles. The van der Waals surface area contributed by atoms with Crippen LogP contribution in [0.25, 0.3) is 0 Å². The molecule has 0 aromatic carbocycles. The van der Waals surface area contributed by atoms with Crippen LogP contribution in [0.15, 0.2) is 0 Å². The third kappa shape index (κ3) is 6.15. The number of rotatable bonds is 6. The van der Waals surface area contributed by atoms with Gasteiger partial charge in [-0.25, -0.2) is 4.79 Å². The van der Waals surface area contributed by atoms with Gasteiger partial charge in [-0.3, -0.25) is 0 Å². The van der Waals surface area contributed by atoms with Crippen LogP contribution in [-0.4, -0.2) is 30.3 Å². The molecular formula is C18H34N2O2. The fourth-order valence-corrected chi connectivity index (χ4v) is 3.55. The van der Waals surface area contributed by atoms with Gasteiger partial charge >= 0.3 is 6.09 Å². The van der Waals surface area contributed by atoms with E-state index in [1.807, 2.05) is 20.8 Å². The molecule has 2 N–H and O–H groups in total. The van der Waals surface area contributed by atoms with Gasteiger partial charge in [0.15, 0.2) is 0 Å². The molecule has 2 fully saturated rings. The quantitative estimate of drug-likeness (QED) is 0.783. The number of hydrogen-bond donors (Lipinski definition) is 2. The zero-order valence-corrected chi connectivity index (χ0v) is 14.8. The number of hydrogen-bond acceptors (Lipinski definition) is 3. The van der Waals surface area contributed by atoms with Crippen molar-refractivity contribution >= 4 is 6.09 Å². The van der Waals surface area contributed by atoms with Crippen molar-refractivity contribution < 1.29 is 9.53 Å². The highest BCUT2D eigenvalue weighted by Crippen LogP contribution is 2.43. The van der Waals surface area contributed by atoms with E-state index >= 15 is 0 Å². The van der Waals surface area contributed by atoms with E-state index in [1.54, 1.807) is 0 Å². The standard InChI is InChI=1S/C18H34N2O2/c1-5-15(12-19-17(21)22-18(2,3)4)20-16-8-6-7-14(11-16)13-9-10-13/h13-16,20H,5-12H2,1-4H3,(H,19,21). The lowest BCUT2D eigenvalue weighted by Gasteiger charge is -2.33. The fraction of sp³-hybridized carbons (Fsp3) is 0.944. The fourth-order valence-electron chi connectivity index (χ4n) is 3.55. The molecule has 0 saturated heterocycles. The highest BCUT2D eigenvalue weighted by atomic mass is 16.6. The lowest BCUT2D eigenvalue weighted by molar-refractivity contribution is 0.0520. The second-order valence-corrected chi connectivity index (χ2v) is 8.12. The van der Waals surface area contributed by atoms with Crippen LogP contribution in [0.4, 0.5) is 4.79 Å². The summed E-state index contributed by atoms with van der Waals surface area (Å²) in [4.78, 5) is 11.8. The van der Waals surface area contributed by atoms with Gasteiger partial charge in [-0.15, -0.1) is 0 Å². The molecule has 1 amide bonds. The smallest absolute Gasteiger partial charge is 0.407 e. The molecule has 0 aliphatic heterocycles. The second-order valence-electron chi connectivity index (χ2n) is 8.12. The van der Waals surface area contributed by atoms with Crippen molar-refractivity contribution in [2.75, 3.05) is 6.54 Å². The van der Waals surface area contributed by atoms with Crippen LogP contribution >= 0.6 is 0 Å². The molecule has 2 rings (SSSR count). The molecule has 4 heteroatoms. The Morgan fingerprint density at radius 1 is 1.18 bits per heavy atom. The number of carbonyl (C=O) groups excluding carboxylic acids is 1. The first kappa shape index (κ1) is 17.6. The Kier molecular flexibility index (Phi) is 6.13. The van der Waals surface area contributed by atoms with Crippen molar-refractivity contribution in [2.24, 2.45) is 11.8 Å². The van der Waals surface area contributed by atoms with E-state index in [9.17, 15) is 4.79 Å². The van der Waals surface area contributed by atoms with Crippen molar-refractivity contribution in [1.29, 1.82) is 0 Å². The summed E-state index contributed by atoms with van der Waals surface area (Å²) in [6.45, 7) is 8.50. The number of nitrogens with one attached hydrogen (secondary N) is 2. The Hall–Kier alpha value is -0.770. The van der Waals surface area contributed by atoms with E-state index in [0.717, 1.165) is 18.3 Å². The van der Waals surface area contributed by atoms with Gasteiger partial charge in [0, 0.05) is 18.6 Å². The monoisotopic (exact) mass is 310 g/mol. The molecule has 22 heavy (non-hydrogen) atoms. The van der Waals surface area contributed by atoms with Crippen LogP contribution in [0.5, 0.6) is 0 Å². The summed E-state index contributed by atoms with van der Waals surface area (Å²) >= 11 is 0. The predicted octanol–water partition coefficient (Wildman–Crippen LogP) is 3.85. The molecule has 4 nitrogen and oxygen atoms in total. The lowest BCUT2D eigenvalue weighted by atomic mass is 9.82. The zero-order chi connectivity index (χ0) is 16.2. The van der Waals surface area contributed by atoms with Crippen molar-refractivity contribution in [2.45, 2.75) is 90.3 Å². The topological polar surface area (TPSA) is 50.4 Å². The van der Waals surface area contributed by atoms with E-state index in [-0.39, 0.29) is 6.09 Å². The molecule has 3 unspecified atom stereocenters. The first-order chi connectivity index (χ1) is 10.4. The van der Waals surface area contributed by atoms with Crippen molar-refractivity contribution in [3.05, 3.63) is 0 Å². The molecule has 0 bridgehead atoms. The van der Waals surface area contributed by atoms with E-state index in [0.29, 0.717) is 18.6 Å². The largest absolute Gasteiger partial charge is 0.444 e. The van der Waals surface area contributed by atoms with Crippen LogP contribution in [0.3, 0.4) is 0 Å². The third-order valence-electron chi connectivity index (χ3n) is 4.86. The van der Waals surface area contributed by atoms with Gasteiger partial charge < -0.3 is 15.4 Å². The average Bonchev–Trinajstić information content (AvgIpc) is 3.26. The van der Waals surface area contributed by atoms with Crippen LogP contribution in [-0.2, 0) is 4.74 Å². The highest BCUT2D eigenvalue weighted by Gasteiger charge is 2.35. The van der Waals surface area contributed by atoms with Gasteiger partial charge in [-0.1, -0.05) is 19.8 Å². The number of alkyl carbamates (subject to hydrolysis) is 1. The summed E-state index contributed by atoms with van der Waals surface area (Å²) in [5.41, 5.74) is -0.430. The molecule has 2 aliphatic rings. The van der Waals surface area contributed by atoms with Crippen LogP contribution in [0, 0.1) is 11.8 Å². The van der Waals surface area contributed by atoms with Crippen LogP contribution < -0.4 is 10.6 Å². The molecule has 0 aromatic rings. The maximum atomic E-state index is 11.8. The maximum Gasteiger partial charge on any atom is 0.407 e. The first-order valence-electron chi connectivity index (χ1n) is 9.10. The Morgan fingerprint density at radius 3 is 2.50 bits per heavy atom. The summed E-state index contributed by atoms with van der Waals surface area (Å²) < 4.78 is 5.30. The van der Waals surface area contributed by atoms with E-state index in [4.69, 9.17) is 4.74 Å². The average molecular weight is 310 g/mol. The lowest BCUT2D eigenvalue weighted by Crippen LogP contribution is -2.47. The minimum absolute atomic E-state index is 0.313. The Balaban J connectivity index is 1.70. The minimum atomic E-state index is -0.430. The summed E-state index contributed by atoms with van der Waals surface area (Å²) in [7, 11) is 0. The van der Waals surface area contributed by atoms with Crippen molar-refractivity contribution in [1.82, 2.24) is 10.6 Å². The normalized spacial score (nSPS) is 27.3. The second kappa shape index (κ2) is 7.67. The van der Waals surface area contributed by atoms with Crippen molar-refractivity contribution in [3.63, 3.8) is 0 Å². The van der Waals surface area contributed by atoms with Crippen molar-refractivity contribution in [3.8, 4) is 0 Å². The number of amides is 1. The highest BCUT2D eigenvalue weighted by molar-refractivity contribution is 5.67. The molecular weight excluding hydrogens is 276 g/mol. The summed E-state index contributed by atoms with van der Waals surface area (Å²) in [5.74, 6) is 1.96. The Bertz CT molecular complexity index is 361. The van der Waals surface area contributed by atoms with Gasteiger partial charge in [0.1, 0.15) is 5.60 Å². The number of ether oxygens (including phenoxy) is 1. The van der Waals surface area contributed by atoms with Gasteiger partial charge in [0.25, 0.3) is 0 Å². The molecule has 0 spiro atoms. The SMILES string of the molecule is CCC(CNC(=O)OC(C)(C)C)NC1CCCC(C2CC2)C1. The van der Waals surface area contributed by atoms with Gasteiger partial charge in [-0.2, -0.15) is 0 Å². The van der Waals surface area contributed by atoms with Gasteiger partial charge in [-0.05, 0) is 64.7 Å². The molecule has 0 heterocycles. The van der Waals surface area contributed by atoms with Gasteiger partial charge in [0.2, 0.25) is 0 Å². The summed E-state index contributed by atoms with van der Waals surface area (Å²) in [5, 5.41) is 6.67. The molecule has 2 saturated carbocycles. The van der Waals surface area contributed by atoms with E-state index < -0.39 is 5.60 Å². The summed E-state index contributed by atoms with van der Waals surface area (Å²) in [6, 6.07) is 0.972. The Labute approximate surface area is 135 Å². The predicted molar refractivity (Wildman–Crippen MR) is 89.9 cm³/mol. The third-order valence-corrected chi connectivity index (χ3v) is 4.86.